The van der Waals surface area contributed by atoms with Crippen molar-refractivity contribution in [2.75, 3.05) is 25.1 Å². The maximum Gasteiger partial charge on any atom is 0.255 e. The van der Waals surface area contributed by atoms with E-state index in [0.29, 0.717) is 24.0 Å². The number of fused-ring (bicyclic) bond motifs is 1. The highest BCUT2D eigenvalue weighted by atomic mass is 16.5. The van der Waals surface area contributed by atoms with Crippen LogP contribution < -0.4 is 10.1 Å². The van der Waals surface area contributed by atoms with Gasteiger partial charge in [0, 0.05) is 36.0 Å². The zero-order chi connectivity index (χ0) is 19.3. The van der Waals surface area contributed by atoms with E-state index in [4.69, 9.17) is 9.47 Å². The molecule has 144 valence electrons. The Kier molecular flexibility index (Phi) is 5.53. The molecule has 4 rings (SSSR count). The van der Waals surface area contributed by atoms with E-state index in [-0.39, 0.29) is 5.91 Å². The van der Waals surface area contributed by atoms with E-state index >= 15 is 0 Å². The lowest BCUT2D eigenvalue weighted by Crippen LogP contribution is -2.21. The molecule has 0 atom stereocenters. The van der Waals surface area contributed by atoms with Gasteiger partial charge < -0.3 is 14.8 Å². The zero-order valence-corrected chi connectivity index (χ0v) is 16.0. The molecule has 1 saturated heterocycles. The largest absolute Gasteiger partial charge is 0.477 e. The van der Waals surface area contributed by atoms with Crippen molar-refractivity contribution in [3.8, 4) is 5.88 Å². The third-order valence-corrected chi connectivity index (χ3v) is 5.10. The fourth-order valence-electron chi connectivity index (χ4n) is 3.36. The van der Waals surface area contributed by atoms with Crippen LogP contribution in [-0.2, 0) is 4.74 Å². The Bertz CT molecular complexity index is 963. The summed E-state index contributed by atoms with van der Waals surface area (Å²) in [5, 5.41) is 4.89. The Hall–Kier alpha value is -2.92. The van der Waals surface area contributed by atoms with Crippen LogP contribution in [0.25, 0.3) is 10.8 Å². The van der Waals surface area contributed by atoms with E-state index in [1.807, 2.05) is 55.5 Å². The molecule has 0 bridgehead atoms. The Morgan fingerprint density at radius 3 is 2.71 bits per heavy atom. The van der Waals surface area contributed by atoms with Gasteiger partial charge in [0.1, 0.15) is 0 Å². The Labute approximate surface area is 164 Å². The lowest BCUT2D eigenvalue weighted by molar-refractivity contribution is 0.0493. The summed E-state index contributed by atoms with van der Waals surface area (Å²) in [6, 6.07) is 15.2. The van der Waals surface area contributed by atoms with E-state index < -0.39 is 0 Å². The Balaban J connectivity index is 1.48. The van der Waals surface area contributed by atoms with E-state index in [1.54, 1.807) is 6.20 Å². The number of ether oxygens (including phenoxy) is 2. The fraction of sp³-hybridized carbons (Fsp3) is 0.304. The maximum atomic E-state index is 12.4. The second-order valence-corrected chi connectivity index (χ2v) is 7.24. The van der Waals surface area contributed by atoms with Crippen LogP contribution in [0, 0.1) is 12.8 Å². The molecule has 1 aliphatic heterocycles. The molecule has 1 fully saturated rings. The lowest BCUT2D eigenvalue weighted by Gasteiger charge is -2.22. The van der Waals surface area contributed by atoms with Gasteiger partial charge in [-0.3, -0.25) is 4.79 Å². The number of amides is 1. The summed E-state index contributed by atoms with van der Waals surface area (Å²) in [5.74, 6) is 1.03. The standard InChI is InChI=1S/C23H24N2O3/c1-16-2-4-18(5-3-16)22(26)25-20-6-7-21-19(14-20)8-11-24-23(21)28-15-17-9-12-27-13-10-17/h2-8,11,14,17H,9-10,12-13,15H2,1H3,(H,25,26). The van der Waals surface area contributed by atoms with Crippen molar-refractivity contribution >= 4 is 22.4 Å². The Morgan fingerprint density at radius 1 is 1.14 bits per heavy atom. The SMILES string of the molecule is Cc1ccc(C(=O)Nc2ccc3c(OCC4CCOCC4)nccc3c2)cc1. The lowest BCUT2D eigenvalue weighted by atomic mass is 10.0. The van der Waals surface area contributed by atoms with Crippen molar-refractivity contribution < 1.29 is 14.3 Å². The van der Waals surface area contributed by atoms with Crippen molar-refractivity contribution in [1.82, 2.24) is 4.98 Å². The normalized spacial score (nSPS) is 14.8. The first-order valence-electron chi connectivity index (χ1n) is 9.66. The van der Waals surface area contributed by atoms with Gasteiger partial charge in [0.2, 0.25) is 5.88 Å². The van der Waals surface area contributed by atoms with E-state index in [0.717, 1.165) is 48.1 Å². The molecule has 0 spiro atoms. The van der Waals surface area contributed by atoms with E-state index in [1.165, 1.54) is 0 Å². The molecule has 3 aromatic rings. The molecular weight excluding hydrogens is 352 g/mol. The predicted molar refractivity (Wildman–Crippen MR) is 110 cm³/mol. The van der Waals surface area contributed by atoms with Crippen LogP contribution in [0.1, 0.15) is 28.8 Å². The third kappa shape index (κ3) is 4.31. The number of nitrogens with zero attached hydrogens (tertiary/aromatic N) is 1. The summed E-state index contributed by atoms with van der Waals surface area (Å²) in [6.07, 6.45) is 3.80. The summed E-state index contributed by atoms with van der Waals surface area (Å²) in [4.78, 5) is 16.8. The quantitative estimate of drug-likeness (QED) is 0.707. The molecule has 28 heavy (non-hydrogen) atoms. The number of hydrogen-bond donors (Lipinski definition) is 1. The second-order valence-electron chi connectivity index (χ2n) is 7.24. The first kappa shape index (κ1) is 18.4. The summed E-state index contributed by atoms with van der Waals surface area (Å²) >= 11 is 0. The zero-order valence-electron chi connectivity index (χ0n) is 16.0. The van der Waals surface area contributed by atoms with Crippen molar-refractivity contribution in [3.63, 3.8) is 0 Å². The molecule has 2 heterocycles. The highest BCUT2D eigenvalue weighted by Crippen LogP contribution is 2.27. The van der Waals surface area contributed by atoms with Gasteiger partial charge in [-0.2, -0.15) is 0 Å². The number of rotatable bonds is 5. The van der Waals surface area contributed by atoms with Crippen LogP contribution >= 0.6 is 0 Å². The highest BCUT2D eigenvalue weighted by molar-refractivity contribution is 6.05. The average Bonchev–Trinajstić information content (AvgIpc) is 2.73. The smallest absolute Gasteiger partial charge is 0.255 e. The minimum Gasteiger partial charge on any atom is -0.477 e. The number of nitrogens with one attached hydrogen (secondary N) is 1. The van der Waals surface area contributed by atoms with E-state index in [2.05, 4.69) is 10.3 Å². The summed E-state index contributed by atoms with van der Waals surface area (Å²) in [5.41, 5.74) is 2.52. The molecule has 5 heteroatoms. The second kappa shape index (κ2) is 8.40. The van der Waals surface area contributed by atoms with Crippen molar-refractivity contribution in [3.05, 3.63) is 65.9 Å². The molecule has 1 N–H and O–H groups in total. The molecule has 1 aliphatic rings. The number of hydrogen-bond acceptors (Lipinski definition) is 4. The summed E-state index contributed by atoms with van der Waals surface area (Å²) in [7, 11) is 0. The van der Waals surface area contributed by atoms with Gasteiger partial charge in [0.25, 0.3) is 5.91 Å². The number of aryl methyl sites for hydroxylation is 1. The number of aromatic nitrogens is 1. The molecule has 0 radical (unpaired) electrons. The van der Waals surface area contributed by atoms with Gasteiger partial charge in [-0.25, -0.2) is 4.98 Å². The molecule has 5 nitrogen and oxygen atoms in total. The number of carbonyl (C=O) groups is 1. The van der Waals surface area contributed by atoms with Gasteiger partial charge in [0.15, 0.2) is 0 Å². The topological polar surface area (TPSA) is 60.5 Å². The van der Waals surface area contributed by atoms with Crippen LogP contribution in [0.5, 0.6) is 5.88 Å². The van der Waals surface area contributed by atoms with E-state index in [9.17, 15) is 4.79 Å². The number of pyridine rings is 1. The van der Waals surface area contributed by atoms with Gasteiger partial charge in [-0.1, -0.05) is 17.7 Å². The molecule has 2 aromatic carbocycles. The minimum atomic E-state index is -0.121. The van der Waals surface area contributed by atoms with Crippen LogP contribution in [0.4, 0.5) is 5.69 Å². The van der Waals surface area contributed by atoms with Gasteiger partial charge in [-0.15, -0.1) is 0 Å². The number of carbonyl (C=O) groups excluding carboxylic acids is 1. The summed E-state index contributed by atoms with van der Waals surface area (Å²) < 4.78 is 11.4. The number of anilines is 1. The molecule has 0 aliphatic carbocycles. The monoisotopic (exact) mass is 376 g/mol. The molecule has 1 aromatic heterocycles. The van der Waals surface area contributed by atoms with Gasteiger partial charge in [-0.05, 0) is 67.5 Å². The van der Waals surface area contributed by atoms with Crippen LogP contribution in [0.2, 0.25) is 0 Å². The van der Waals surface area contributed by atoms with Crippen LogP contribution in [0.15, 0.2) is 54.7 Å². The van der Waals surface area contributed by atoms with Gasteiger partial charge >= 0.3 is 0 Å². The molecular formula is C23H24N2O3. The van der Waals surface area contributed by atoms with Crippen LogP contribution in [-0.4, -0.2) is 30.7 Å². The average molecular weight is 376 g/mol. The third-order valence-electron chi connectivity index (χ3n) is 5.10. The highest BCUT2D eigenvalue weighted by Gasteiger charge is 2.15. The first-order valence-corrected chi connectivity index (χ1v) is 9.66. The van der Waals surface area contributed by atoms with Crippen molar-refractivity contribution in [1.29, 1.82) is 0 Å². The first-order chi connectivity index (χ1) is 13.7. The minimum absolute atomic E-state index is 0.121. The molecule has 0 unspecified atom stereocenters. The maximum absolute atomic E-state index is 12.4. The summed E-state index contributed by atoms with van der Waals surface area (Å²) in [6.45, 7) is 4.27. The van der Waals surface area contributed by atoms with Crippen molar-refractivity contribution in [2.45, 2.75) is 19.8 Å². The number of benzene rings is 2. The fourth-order valence-corrected chi connectivity index (χ4v) is 3.36. The molecule has 0 saturated carbocycles. The molecule has 1 amide bonds. The van der Waals surface area contributed by atoms with Crippen molar-refractivity contribution in [2.24, 2.45) is 5.92 Å². The Morgan fingerprint density at radius 2 is 1.93 bits per heavy atom. The predicted octanol–water partition coefficient (Wildman–Crippen LogP) is 4.60. The van der Waals surface area contributed by atoms with Crippen LogP contribution in [0.3, 0.4) is 0 Å². The van der Waals surface area contributed by atoms with Gasteiger partial charge in [0.05, 0.1) is 6.61 Å².